The molecule has 2 bridgehead atoms. The molecule has 0 spiro atoms. The van der Waals surface area contributed by atoms with E-state index in [9.17, 15) is 9.18 Å². The second-order valence-corrected chi connectivity index (χ2v) is 7.22. The first-order valence-corrected chi connectivity index (χ1v) is 8.35. The van der Waals surface area contributed by atoms with E-state index in [1.165, 1.54) is 18.6 Å². The molecule has 1 amide bonds. The van der Waals surface area contributed by atoms with E-state index in [-0.39, 0.29) is 23.6 Å². The van der Waals surface area contributed by atoms with Gasteiger partial charge in [-0.05, 0) is 55.7 Å². The van der Waals surface area contributed by atoms with Crippen LogP contribution in [0.3, 0.4) is 0 Å². The number of hydrogen-bond acceptors (Lipinski definition) is 2. The Bertz CT molecular complexity index is 537. The Kier molecular flexibility index (Phi) is 4.31. The lowest BCUT2D eigenvalue weighted by molar-refractivity contribution is 0.0752. The summed E-state index contributed by atoms with van der Waals surface area (Å²) >= 11 is 3.20. The van der Waals surface area contributed by atoms with Gasteiger partial charge in [-0.25, -0.2) is 4.39 Å². The van der Waals surface area contributed by atoms with E-state index in [1.54, 1.807) is 6.07 Å². The van der Waals surface area contributed by atoms with E-state index >= 15 is 0 Å². The number of fused-ring (bicyclic) bond motifs is 2. The molecule has 1 aromatic rings. The number of halogens is 2. The number of nitrogens with two attached hydrogens (primary N) is 1. The molecule has 2 atom stereocenters. The SMILES string of the molecule is NC1CC2CCCC(C1)C2NC(=O)c1ccc(Br)cc1F. The van der Waals surface area contributed by atoms with Gasteiger partial charge in [-0.15, -0.1) is 0 Å². The van der Waals surface area contributed by atoms with Gasteiger partial charge in [0.05, 0.1) is 5.56 Å². The number of amides is 1. The Hall–Kier alpha value is -0.940. The van der Waals surface area contributed by atoms with Gasteiger partial charge >= 0.3 is 0 Å². The summed E-state index contributed by atoms with van der Waals surface area (Å²) in [5.74, 6) is 0.0850. The van der Waals surface area contributed by atoms with Crippen LogP contribution in [0.2, 0.25) is 0 Å². The average molecular weight is 355 g/mol. The lowest BCUT2D eigenvalue weighted by Crippen LogP contribution is -2.53. The van der Waals surface area contributed by atoms with Gasteiger partial charge in [0.15, 0.2) is 0 Å². The van der Waals surface area contributed by atoms with Crippen molar-refractivity contribution in [3.63, 3.8) is 0 Å². The predicted octanol–water partition coefficient (Wildman–Crippen LogP) is 3.22. The molecule has 3 N–H and O–H groups in total. The summed E-state index contributed by atoms with van der Waals surface area (Å²) in [4.78, 5) is 12.4. The summed E-state index contributed by atoms with van der Waals surface area (Å²) in [5.41, 5.74) is 6.21. The molecule has 5 heteroatoms. The third kappa shape index (κ3) is 3.14. The third-order valence-electron chi connectivity index (χ3n) is 4.85. The number of benzene rings is 1. The Morgan fingerprint density at radius 3 is 2.57 bits per heavy atom. The van der Waals surface area contributed by atoms with Crippen molar-refractivity contribution >= 4 is 21.8 Å². The number of carbonyl (C=O) groups is 1. The predicted molar refractivity (Wildman–Crippen MR) is 83.4 cm³/mol. The van der Waals surface area contributed by atoms with Crippen molar-refractivity contribution in [2.24, 2.45) is 17.6 Å². The second-order valence-electron chi connectivity index (χ2n) is 6.31. The molecule has 0 heterocycles. The largest absolute Gasteiger partial charge is 0.349 e. The molecule has 0 saturated heterocycles. The maximum atomic E-state index is 13.9. The van der Waals surface area contributed by atoms with Gasteiger partial charge in [0.25, 0.3) is 5.91 Å². The van der Waals surface area contributed by atoms with E-state index in [4.69, 9.17) is 5.73 Å². The lowest BCUT2D eigenvalue weighted by atomic mass is 9.67. The fourth-order valence-corrected chi connectivity index (χ4v) is 4.26. The first-order chi connectivity index (χ1) is 10.0. The van der Waals surface area contributed by atoms with Crippen LogP contribution in [0.4, 0.5) is 4.39 Å². The van der Waals surface area contributed by atoms with E-state index in [0.717, 1.165) is 25.7 Å². The molecular formula is C16H20BrFN2O. The van der Waals surface area contributed by atoms with Crippen LogP contribution in [0.1, 0.15) is 42.5 Å². The van der Waals surface area contributed by atoms with Gasteiger partial charge < -0.3 is 11.1 Å². The van der Waals surface area contributed by atoms with Crippen LogP contribution in [0, 0.1) is 17.7 Å². The second kappa shape index (κ2) is 6.05. The van der Waals surface area contributed by atoms with Gasteiger partial charge in [0.1, 0.15) is 5.82 Å². The molecule has 3 rings (SSSR count). The van der Waals surface area contributed by atoms with Crippen molar-refractivity contribution in [1.82, 2.24) is 5.32 Å². The molecule has 2 saturated carbocycles. The summed E-state index contributed by atoms with van der Waals surface area (Å²) < 4.78 is 14.5. The van der Waals surface area contributed by atoms with E-state index < -0.39 is 5.82 Å². The first-order valence-electron chi connectivity index (χ1n) is 7.56. The van der Waals surface area contributed by atoms with Crippen LogP contribution in [0.15, 0.2) is 22.7 Å². The first kappa shape index (κ1) is 15.0. The third-order valence-corrected chi connectivity index (χ3v) is 5.34. The summed E-state index contributed by atoms with van der Waals surface area (Å²) in [5, 5.41) is 3.07. The highest BCUT2D eigenvalue weighted by Crippen LogP contribution is 2.39. The maximum absolute atomic E-state index is 13.9. The maximum Gasteiger partial charge on any atom is 0.254 e. The molecule has 0 radical (unpaired) electrons. The molecule has 2 unspecified atom stereocenters. The summed E-state index contributed by atoms with van der Waals surface area (Å²) in [6.45, 7) is 0. The number of nitrogens with one attached hydrogen (secondary N) is 1. The van der Waals surface area contributed by atoms with Gasteiger partial charge in [-0.2, -0.15) is 0 Å². The zero-order valence-corrected chi connectivity index (χ0v) is 13.4. The number of carbonyl (C=O) groups excluding carboxylic acids is 1. The van der Waals surface area contributed by atoms with Crippen LogP contribution in [-0.4, -0.2) is 18.0 Å². The highest BCUT2D eigenvalue weighted by atomic mass is 79.9. The monoisotopic (exact) mass is 354 g/mol. The molecule has 1 aromatic carbocycles. The molecule has 2 aliphatic carbocycles. The molecule has 0 aromatic heterocycles. The van der Waals surface area contributed by atoms with Crippen molar-refractivity contribution in [1.29, 1.82) is 0 Å². The van der Waals surface area contributed by atoms with Crippen LogP contribution in [0.5, 0.6) is 0 Å². The molecule has 2 aliphatic rings. The Balaban J connectivity index is 1.75. The van der Waals surface area contributed by atoms with Crippen molar-refractivity contribution in [3.05, 3.63) is 34.1 Å². The minimum Gasteiger partial charge on any atom is -0.349 e. The highest BCUT2D eigenvalue weighted by Gasteiger charge is 2.40. The minimum atomic E-state index is -0.487. The van der Waals surface area contributed by atoms with Gasteiger partial charge in [-0.1, -0.05) is 22.4 Å². The van der Waals surface area contributed by atoms with E-state index in [1.807, 2.05) is 0 Å². The zero-order valence-electron chi connectivity index (χ0n) is 11.8. The van der Waals surface area contributed by atoms with E-state index in [0.29, 0.717) is 16.3 Å². The molecule has 0 aliphatic heterocycles. The highest BCUT2D eigenvalue weighted by molar-refractivity contribution is 9.10. The Morgan fingerprint density at radius 1 is 1.29 bits per heavy atom. The smallest absolute Gasteiger partial charge is 0.254 e. The lowest BCUT2D eigenvalue weighted by Gasteiger charge is -2.45. The Labute approximate surface area is 132 Å². The van der Waals surface area contributed by atoms with Crippen molar-refractivity contribution < 1.29 is 9.18 Å². The zero-order chi connectivity index (χ0) is 15.0. The molecule has 2 fully saturated rings. The molecule has 3 nitrogen and oxygen atoms in total. The van der Waals surface area contributed by atoms with Gasteiger partial charge in [-0.3, -0.25) is 4.79 Å². The standard InChI is InChI=1S/C16H20BrFN2O/c17-11-4-5-13(14(18)8-11)16(21)20-15-9-2-1-3-10(15)7-12(19)6-9/h4-5,8-10,12,15H,1-3,6-7,19H2,(H,20,21). The van der Waals surface area contributed by atoms with Gasteiger partial charge in [0, 0.05) is 16.6 Å². The fourth-order valence-electron chi connectivity index (χ4n) is 3.93. The average Bonchev–Trinajstić information content (AvgIpc) is 2.39. The van der Waals surface area contributed by atoms with Crippen LogP contribution < -0.4 is 11.1 Å². The Morgan fingerprint density at radius 2 is 1.95 bits per heavy atom. The van der Waals surface area contributed by atoms with Crippen molar-refractivity contribution in [2.45, 2.75) is 44.2 Å². The number of rotatable bonds is 2. The van der Waals surface area contributed by atoms with Gasteiger partial charge in [0.2, 0.25) is 0 Å². The molecule has 21 heavy (non-hydrogen) atoms. The summed E-state index contributed by atoms with van der Waals surface area (Å²) in [6.07, 6.45) is 5.35. The fraction of sp³-hybridized carbons (Fsp3) is 0.562. The topological polar surface area (TPSA) is 55.1 Å². The summed E-state index contributed by atoms with van der Waals surface area (Å²) in [6, 6.07) is 4.94. The van der Waals surface area contributed by atoms with Crippen LogP contribution in [0.25, 0.3) is 0 Å². The molecular weight excluding hydrogens is 335 g/mol. The van der Waals surface area contributed by atoms with Crippen molar-refractivity contribution in [3.8, 4) is 0 Å². The van der Waals surface area contributed by atoms with Crippen molar-refractivity contribution in [2.75, 3.05) is 0 Å². The van der Waals surface area contributed by atoms with Crippen LogP contribution in [-0.2, 0) is 0 Å². The van der Waals surface area contributed by atoms with Crippen LogP contribution >= 0.6 is 15.9 Å². The summed E-state index contributed by atoms with van der Waals surface area (Å²) in [7, 11) is 0. The number of hydrogen-bond donors (Lipinski definition) is 2. The quantitative estimate of drug-likeness (QED) is 0.856. The molecule has 114 valence electrons. The normalized spacial score (nSPS) is 31.8. The minimum absolute atomic E-state index is 0.117. The van der Waals surface area contributed by atoms with E-state index in [2.05, 4.69) is 21.2 Å².